The molecule has 0 unspecified atom stereocenters. The van der Waals surface area contributed by atoms with Crippen molar-refractivity contribution in [3.05, 3.63) is 52.9 Å². The maximum Gasteiger partial charge on any atom is 0.123 e. The van der Waals surface area contributed by atoms with Crippen LogP contribution in [0.3, 0.4) is 0 Å². The lowest BCUT2D eigenvalue weighted by atomic mass is 10.2. The first-order valence-corrected chi connectivity index (χ1v) is 6.31. The molecule has 0 bridgehead atoms. The molecule has 0 aliphatic carbocycles. The summed E-state index contributed by atoms with van der Waals surface area (Å²) in [5.41, 5.74) is 1.05. The van der Waals surface area contributed by atoms with Gasteiger partial charge in [-0.05, 0) is 37.3 Å². The van der Waals surface area contributed by atoms with Crippen molar-refractivity contribution in [2.75, 3.05) is 6.61 Å². The second kappa shape index (κ2) is 6.47. The fourth-order valence-corrected chi connectivity index (χ4v) is 1.91. The molecule has 4 heteroatoms. The van der Waals surface area contributed by atoms with Gasteiger partial charge < -0.3 is 14.5 Å². The van der Waals surface area contributed by atoms with E-state index >= 15 is 0 Å². The van der Waals surface area contributed by atoms with Crippen LogP contribution in [0, 0.1) is 0 Å². The highest BCUT2D eigenvalue weighted by Gasteiger charge is 2.04. The minimum absolute atomic E-state index is 0.646. The molecular formula is C14H16ClNO2. The maximum atomic E-state index is 5.99. The van der Waals surface area contributed by atoms with E-state index in [0.717, 1.165) is 17.1 Å². The molecule has 0 fully saturated rings. The molecule has 1 N–H and O–H groups in total. The summed E-state index contributed by atoms with van der Waals surface area (Å²) in [5.74, 6) is 1.78. The molecule has 2 aromatic rings. The Kier molecular flexibility index (Phi) is 4.67. The van der Waals surface area contributed by atoms with Gasteiger partial charge in [0, 0.05) is 17.1 Å². The summed E-state index contributed by atoms with van der Waals surface area (Å²) in [6.45, 7) is 3.99. The van der Waals surface area contributed by atoms with Crippen LogP contribution in [0.25, 0.3) is 0 Å². The van der Waals surface area contributed by atoms with Crippen molar-refractivity contribution in [1.82, 2.24) is 5.32 Å². The summed E-state index contributed by atoms with van der Waals surface area (Å²) in [4.78, 5) is 0. The van der Waals surface area contributed by atoms with Gasteiger partial charge in [-0.3, -0.25) is 0 Å². The fraction of sp³-hybridized carbons (Fsp3) is 0.286. The minimum atomic E-state index is 0.646. The molecule has 3 nitrogen and oxygen atoms in total. The van der Waals surface area contributed by atoms with E-state index < -0.39 is 0 Å². The second-order valence-electron chi connectivity index (χ2n) is 3.87. The minimum Gasteiger partial charge on any atom is -0.494 e. The van der Waals surface area contributed by atoms with Gasteiger partial charge in [0.2, 0.25) is 0 Å². The average molecular weight is 266 g/mol. The summed E-state index contributed by atoms with van der Waals surface area (Å²) in [7, 11) is 0. The summed E-state index contributed by atoms with van der Waals surface area (Å²) in [5, 5.41) is 4.01. The van der Waals surface area contributed by atoms with Crippen molar-refractivity contribution in [3.63, 3.8) is 0 Å². The number of ether oxygens (including phenoxy) is 1. The van der Waals surface area contributed by atoms with Crippen LogP contribution in [0.5, 0.6) is 5.75 Å². The largest absolute Gasteiger partial charge is 0.494 e. The van der Waals surface area contributed by atoms with E-state index in [9.17, 15) is 0 Å². The van der Waals surface area contributed by atoms with Gasteiger partial charge in [-0.15, -0.1) is 0 Å². The Morgan fingerprint density at radius 2 is 2.17 bits per heavy atom. The van der Waals surface area contributed by atoms with Gasteiger partial charge in [0.1, 0.15) is 11.5 Å². The predicted octanol–water partition coefficient (Wildman–Crippen LogP) is 3.62. The number of hydrogen-bond acceptors (Lipinski definition) is 3. The van der Waals surface area contributed by atoms with E-state index in [1.54, 1.807) is 6.26 Å². The lowest BCUT2D eigenvalue weighted by molar-refractivity contribution is 0.335. The Bertz CT molecular complexity index is 483. The first kappa shape index (κ1) is 13.0. The predicted molar refractivity (Wildman–Crippen MR) is 71.9 cm³/mol. The zero-order chi connectivity index (χ0) is 12.8. The number of nitrogens with one attached hydrogen (secondary N) is 1. The molecule has 0 radical (unpaired) electrons. The first-order valence-electron chi connectivity index (χ1n) is 5.94. The normalized spacial score (nSPS) is 10.6. The number of hydrogen-bond donors (Lipinski definition) is 1. The quantitative estimate of drug-likeness (QED) is 0.866. The number of furan rings is 1. The van der Waals surface area contributed by atoms with Crippen LogP contribution in [0.1, 0.15) is 18.2 Å². The van der Waals surface area contributed by atoms with Crippen molar-refractivity contribution >= 4 is 11.6 Å². The summed E-state index contributed by atoms with van der Waals surface area (Å²) in [6.07, 6.45) is 1.67. The van der Waals surface area contributed by atoms with Gasteiger partial charge in [-0.25, -0.2) is 0 Å². The molecule has 18 heavy (non-hydrogen) atoms. The summed E-state index contributed by atoms with van der Waals surface area (Å²) in [6, 6.07) is 9.47. The SMILES string of the molecule is CCOc1ccc(Cl)cc1CNCc1ccco1. The summed E-state index contributed by atoms with van der Waals surface area (Å²) < 4.78 is 10.8. The highest BCUT2D eigenvalue weighted by Crippen LogP contribution is 2.22. The topological polar surface area (TPSA) is 34.4 Å². The zero-order valence-electron chi connectivity index (χ0n) is 10.3. The molecule has 1 aromatic carbocycles. The maximum absolute atomic E-state index is 5.99. The highest BCUT2D eigenvalue weighted by atomic mass is 35.5. The zero-order valence-corrected chi connectivity index (χ0v) is 11.0. The molecule has 2 rings (SSSR count). The van der Waals surface area contributed by atoms with Crippen molar-refractivity contribution < 1.29 is 9.15 Å². The Balaban J connectivity index is 1.96. The third kappa shape index (κ3) is 3.52. The van der Waals surface area contributed by atoms with E-state index in [4.69, 9.17) is 20.8 Å². The lowest BCUT2D eigenvalue weighted by Crippen LogP contribution is -2.13. The number of benzene rings is 1. The smallest absolute Gasteiger partial charge is 0.123 e. The van der Waals surface area contributed by atoms with Crippen LogP contribution in [0.4, 0.5) is 0 Å². The van der Waals surface area contributed by atoms with Crippen molar-refractivity contribution in [1.29, 1.82) is 0 Å². The molecule has 1 aromatic heterocycles. The van der Waals surface area contributed by atoms with Crippen LogP contribution in [0.15, 0.2) is 41.0 Å². The Hall–Kier alpha value is -1.45. The Morgan fingerprint density at radius 1 is 1.28 bits per heavy atom. The molecular weight excluding hydrogens is 250 g/mol. The molecule has 0 spiro atoms. The van der Waals surface area contributed by atoms with Gasteiger partial charge >= 0.3 is 0 Å². The van der Waals surface area contributed by atoms with Crippen molar-refractivity contribution in [3.8, 4) is 5.75 Å². The van der Waals surface area contributed by atoms with Crippen molar-refractivity contribution in [2.24, 2.45) is 0 Å². The third-order valence-electron chi connectivity index (χ3n) is 2.52. The fourth-order valence-electron chi connectivity index (χ4n) is 1.72. The van der Waals surface area contributed by atoms with E-state index in [0.29, 0.717) is 24.7 Å². The monoisotopic (exact) mass is 265 g/mol. The van der Waals surface area contributed by atoms with Gasteiger partial charge in [0.15, 0.2) is 0 Å². The molecule has 0 aliphatic rings. The highest BCUT2D eigenvalue weighted by molar-refractivity contribution is 6.30. The lowest BCUT2D eigenvalue weighted by Gasteiger charge is -2.11. The van der Waals surface area contributed by atoms with Gasteiger partial charge in [0.05, 0.1) is 19.4 Å². The van der Waals surface area contributed by atoms with Gasteiger partial charge in [0.25, 0.3) is 0 Å². The summed E-state index contributed by atoms with van der Waals surface area (Å²) >= 11 is 5.99. The van der Waals surface area contributed by atoms with E-state index in [-0.39, 0.29) is 0 Å². The van der Waals surface area contributed by atoms with Crippen molar-refractivity contribution in [2.45, 2.75) is 20.0 Å². The van der Waals surface area contributed by atoms with E-state index in [1.165, 1.54) is 0 Å². The molecule has 0 saturated heterocycles. The van der Waals surface area contributed by atoms with Gasteiger partial charge in [-0.2, -0.15) is 0 Å². The number of rotatable bonds is 6. The molecule has 1 heterocycles. The molecule has 0 amide bonds. The van der Waals surface area contributed by atoms with Crippen LogP contribution in [-0.4, -0.2) is 6.61 Å². The van der Waals surface area contributed by atoms with Crippen LogP contribution in [-0.2, 0) is 13.1 Å². The molecule has 0 aliphatic heterocycles. The first-order chi connectivity index (χ1) is 8.79. The Morgan fingerprint density at radius 3 is 2.89 bits per heavy atom. The van der Waals surface area contributed by atoms with Crippen LogP contribution in [0.2, 0.25) is 5.02 Å². The third-order valence-corrected chi connectivity index (χ3v) is 2.75. The van der Waals surface area contributed by atoms with Crippen LogP contribution >= 0.6 is 11.6 Å². The van der Waals surface area contributed by atoms with E-state index in [1.807, 2.05) is 37.3 Å². The van der Waals surface area contributed by atoms with Crippen LogP contribution < -0.4 is 10.1 Å². The molecule has 0 atom stereocenters. The molecule has 0 saturated carbocycles. The Labute approximate surface area is 112 Å². The molecule has 96 valence electrons. The average Bonchev–Trinajstić information content (AvgIpc) is 2.86. The standard InChI is InChI=1S/C14H16ClNO2/c1-2-17-14-6-5-12(15)8-11(14)9-16-10-13-4-3-7-18-13/h3-8,16H,2,9-10H2,1H3. The second-order valence-corrected chi connectivity index (χ2v) is 4.30. The number of halogens is 1. The van der Waals surface area contributed by atoms with E-state index in [2.05, 4.69) is 5.32 Å². The van der Waals surface area contributed by atoms with Gasteiger partial charge in [-0.1, -0.05) is 11.6 Å².